The molecule has 0 aliphatic carbocycles. The van der Waals surface area contributed by atoms with Crippen LogP contribution in [0.3, 0.4) is 0 Å². The van der Waals surface area contributed by atoms with Crippen molar-refractivity contribution >= 4 is 16.9 Å². The van der Waals surface area contributed by atoms with Gasteiger partial charge in [0.05, 0.1) is 51.0 Å². The maximum absolute atomic E-state index is 13.8. The van der Waals surface area contributed by atoms with E-state index in [1.165, 1.54) is 0 Å². The van der Waals surface area contributed by atoms with Crippen LogP contribution >= 0.6 is 0 Å². The van der Waals surface area contributed by atoms with Gasteiger partial charge >= 0.3 is 0 Å². The van der Waals surface area contributed by atoms with Gasteiger partial charge in [-0.1, -0.05) is 13.0 Å². The minimum absolute atomic E-state index is 0.0809. The molecule has 9 nitrogen and oxygen atoms in total. The van der Waals surface area contributed by atoms with Gasteiger partial charge < -0.3 is 28.3 Å². The fourth-order valence-corrected chi connectivity index (χ4v) is 5.18. The summed E-state index contributed by atoms with van der Waals surface area (Å²) in [5.41, 5.74) is 1.23. The summed E-state index contributed by atoms with van der Waals surface area (Å²) < 4.78 is 28.3. The van der Waals surface area contributed by atoms with E-state index in [1.54, 1.807) is 37.3 Å². The van der Waals surface area contributed by atoms with Gasteiger partial charge in [0, 0.05) is 32.2 Å². The van der Waals surface area contributed by atoms with Gasteiger partial charge in [-0.3, -0.25) is 14.5 Å². The Morgan fingerprint density at radius 3 is 2.53 bits per heavy atom. The quantitative estimate of drug-likeness (QED) is 0.397. The fourth-order valence-electron chi connectivity index (χ4n) is 5.18. The fraction of sp³-hybridized carbons (Fsp3) is 0.448. The van der Waals surface area contributed by atoms with Crippen molar-refractivity contribution in [2.75, 3.05) is 60.2 Å². The molecule has 2 aliphatic heterocycles. The third-order valence-corrected chi connectivity index (χ3v) is 7.12. The van der Waals surface area contributed by atoms with E-state index >= 15 is 0 Å². The van der Waals surface area contributed by atoms with Crippen LogP contribution in [0.1, 0.15) is 47.5 Å². The number of hydrogen-bond acceptors (Lipinski definition) is 8. The molecular formula is C29H34N2O7. The van der Waals surface area contributed by atoms with Crippen molar-refractivity contribution in [3.63, 3.8) is 0 Å². The van der Waals surface area contributed by atoms with Gasteiger partial charge in [-0.2, -0.15) is 0 Å². The molecule has 1 fully saturated rings. The topological polar surface area (TPSA) is 90.7 Å². The zero-order valence-electron chi connectivity index (χ0n) is 22.2. The molecular weight excluding hydrogens is 488 g/mol. The van der Waals surface area contributed by atoms with E-state index in [-0.39, 0.29) is 17.1 Å². The molecule has 1 unspecified atom stereocenters. The average Bonchev–Trinajstić information content (AvgIpc) is 3.23. The largest absolute Gasteiger partial charge is 0.497 e. The maximum atomic E-state index is 13.8. The van der Waals surface area contributed by atoms with Gasteiger partial charge in [0.15, 0.2) is 16.9 Å². The number of amides is 1. The molecule has 9 heteroatoms. The highest BCUT2D eigenvalue weighted by molar-refractivity contribution is 5.99. The second-order valence-electron chi connectivity index (χ2n) is 9.50. The van der Waals surface area contributed by atoms with Gasteiger partial charge in [0.25, 0.3) is 5.91 Å². The zero-order chi connectivity index (χ0) is 26.6. The lowest BCUT2D eigenvalue weighted by Gasteiger charge is -2.29. The van der Waals surface area contributed by atoms with Crippen molar-refractivity contribution in [3.8, 4) is 17.2 Å². The summed E-state index contributed by atoms with van der Waals surface area (Å²) in [6, 6.07) is 10.0. The van der Waals surface area contributed by atoms with Gasteiger partial charge in [-0.15, -0.1) is 0 Å². The molecule has 2 aliphatic rings. The molecule has 0 N–H and O–H groups in total. The summed E-state index contributed by atoms with van der Waals surface area (Å²) in [5.74, 6) is 1.52. The van der Waals surface area contributed by atoms with Crippen LogP contribution in [-0.2, 0) is 4.74 Å². The average molecular weight is 523 g/mol. The lowest BCUT2D eigenvalue weighted by atomic mass is 9.98. The van der Waals surface area contributed by atoms with Crippen LogP contribution in [0, 0.1) is 0 Å². The molecule has 1 atom stereocenters. The first-order valence-electron chi connectivity index (χ1n) is 13.1. The first-order valence-corrected chi connectivity index (χ1v) is 13.1. The van der Waals surface area contributed by atoms with Crippen molar-refractivity contribution in [3.05, 3.63) is 63.5 Å². The van der Waals surface area contributed by atoms with Gasteiger partial charge in [-0.05, 0) is 42.7 Å². The molecule has 0 saturated carbocycles. The Morgan fingerprint density at radius 2 is 1.79 bits per heavy atom. The Morgan fingerprint density at radius 1 is 0.974 bits per heavy atom. The first-order chi connectivity index (χ1) is 18.5. The smallest absolute Gasteiger partial charge is 0.290 e. The molecule has 1 amide bonds. The van der Waals surface area contributed by atoms with E-state index in [2.05, 4.69) is 4.90 Å². The monoisotopic (exact) mass is 522 g/mol. The minimum atomic E-state index is -0.598. The van der Waals surface area contributed by atoms with Gasteiger partial charge in [0.2, 0.25) is 5.76 Å². The molecule has 0 bridgehead atoms. The second-order valence-corrected chi connectivity index (χ2v) is 9.50. The number of morpholine rings is 1. The van der Waals surface area contributed by atoms with E-state index in [0.717, 1.165) is 51.3 Å². The van der Waals surface area contributed by atoms with Crippen LogP contribution in [0.2, 0.25) is 0 Å². The lowest BCUT2D eigenvalue weighted by Crippen LogP contribution is -2.38. The molecule has 3 aromatic rings. The van der Waals surface area contributed by atoms with Crippen LogP contribution in [0.4, 0.5) is 0 Å². The van der Waals surface area contributed by atoms with E-state index in [4.69, 9.17) is 23.4 Å². The zero-order valence-corrected chi connectivity index (χ0v) is 22.2. The Kier molecular flexibility index (Phi) is 7.85. The highest BCUT2D eigenvalue weighted by Gasteiger charge is 2.42. The predicted octanol–water partition coefficient (Wildman–Crippen LogP) is 3.87. The third-order valence-electron chi connectivity index (χ3n) is 7.12. The summed E-state index contributed by atoms with van der Waals surface area (Å²) >= 11 is 0. The number of methoxy groups -OCH3 is 2. The second kappa shape index (κ2) is 11.4. The van der Waals surface area contributed by atoms with Crippen molar-refractivity contribution in [1.29, 1.82) is 0 Å². The van der Waals surface area contributed by atoms with Gasteiger partial charge in [-0.25, -0.2) is 0 Å². The SMILES string of the molecule is CCCOc1ccc(C2c3c(oc4cc(OC)ccc4c3=O)C(=O)N2CCCN2CCOCC2)cc1OC. The van der Waals surface area contributed by atoms with Crippen molar-refractivity contribution in [1.82, 2.24) is 9.80 Å². The van der Waals surface area contributed by atoms with E-state index in [1.807, 2.05) is 25.1 Å². The number of hydrogen-bond donors (Lipinski definition) is 0. The summed E-state index contributed by atoms with van der Waals surface area (Å²) in [6.45, 7) is 7.10. The summed E-state index contributed by atoms with van der Waals surface area (Å²) in [4.78, 5) is 31.6. The third kappa shape index (κ3) is 4.96. The molecule has 5 rings (SSSR count). The van der Waals surface area contributed by atoms with E-state index in [9.17, 15) is 9.59 Å². The van der Waals surface area contributed by atoms with Crippen LogP contribution in [0.15, 0.2) is 45.6 Å². The van der Waals surface area contributed by atoms with Crippen LogP contribution in [0.25, 0.3) is 11.0 Å². The number of ether oxygens (including phenoxy) is 4. The molecule has 1 saturated heterocycles. The predicted molar refractivity (Wildman–Crippen MR) is 143 cm³/mol. The van der Waals surface area contributed by atoms with E-state index < -0.39 is 6.04 Å². The van der Waals surface area contributed by atoms with E-state index in [0.29, 0.717) is 46.9 Å². The number of fused-ring (bicyclic) bond motifs is 2. The number of rotatable bonds is 10. The number of nitrogens with zero attached hydrogens (tertiary/aromatic N) is 2. The first kappa shape index (κ1) is 26.1. The summed E-state index contributed by atoms with van der Waals surface area (Å²) in [5, 5.41) is 0.410. The van der Waals surface area contributed by atoms with Crippen LogP contribution in [0.5, 0.6) is 17.2 Å². The molecule has 202 valence electrons. The van der Waals surface area contributed by atoms with Crippen LogP contribution in [-0.4, -0.2) is 75.9 Å². The minimum Gasteiger partial charge on any atom is -0.497 e. The Bertz CT molecular complexity index is 1360. The van der Waals surface area contributed by atoms with Crippen molar-refractivity contribution in [2.24, 2.45) is 0 Å². The highest BCUT2D eigenvalue weighted by atomic mass is 16.5. The molecule has 1 aromatic heterocycles. The molecule has 0 radical (unpaired) electrons. The lowest BCUT2D eigenvalue weighted by molar-refractivity contribution is 0.0353. The normalized spacial score (nSPS) is 17.6. The van der Waals surface area contributed by atoms with Crippen molar-refractivity contribution < 1.29 is 28.2 Å². The standard InChI is InChI=1S/C29H34N2O7/c1-4-14-37-22-9-6-19(17-24(22)35-3)26-25-27(32)21-8-7-20(34-2)18-23(21)38-28(25)29(33)31(26)11-5-10-30-12-15-36-16-13-30/h6-9,17-18,26H,4-5,10-16H2,1-3H3. The van der Waals surface area contributed by atoms with Crippen molar-refractivity contribution in [2.45, 2.75) is 25.8 Å². The Hall–Kier alpha value is -3.56. The number of carbonyl (C=O) groups excluding carboxylic acids is 1. The Balaban J connectivity index is 1.55. The summed E-state index contributed by atoms with van der Waals surface area (Å²) in [6.07, 6.45) is 1.62. The molecule has 0 spiro atoms. The Labute approximate surface area is 221 Å². The molecule has 3 heterocycles. The molecule has 2 aromatic carbocycles. The maximum Gasteiger partial charge on any atom is 0.290 e. The highest BCUT2D eigenvalue weighted by Crippen LogP contribution is 2.41. The molecule has 38 heavy (non-hydrogen) atoms. The number of carbonyl (C=O) groups is 1. The van der Waals surface area contributed by atoms with Crippen LogP contribution < -0.4 is 19.6 Å². The van der Waals surface area contributed by atoms with Gasteiger partial charge in [0.1, 0.15) is 11.3 Å². The summed E-state index contributed by atoms with van der Waals surface area (Å²) in [7, 11) is 3.13. The number of benzene rings is 2.